The van der Waals surface area contributed by atoms with Crippen molar-refractivity contribution in [2.45, 2.75) is 25.8 Å². The molecule has 1 amide bonds. The van der Waals surface area contributed by atoms with Crippen LogP contribution in [0, 0.1) is 5.82 Å². The summed E-state index contributed by atoms with van der Waals surface area (Å²) in [5, 5.41) is 4.96. The number of hydrogen-bond acceptors (Lipinski definition) is 2. The number of benzene rings is 1. The molecule has 2 nitrogen and oxygen atoms in total. The van der Waals surface area contributed by atoms with Crippen LogP contribution in [0.25, 0.3) is 0 Å². The van der Waals surface area contributed by atoms with Gasteiger partial charge in [0.25, 0.3) is 5.91 Å². The van der Waals surface area contributed by atoms with Gasteiger partial charge in [-0.2, -0.15) is 0 Å². The third-order valence-electron chi connectivity index (χ3n) is 2.95. The molecule has 1 aromatic heterocycles. The lowest BCUT2D eigenvalue weighted by Crippen LogP contribution is -2.28. The quantitative estimate of drug-likeness (QED) is 0.809. The van der Waals surface area contributed by atoms with Crippen molar-refractivity contribution in [2.24, 2.45) is 0 Å². The number of halogens is 2. The molecule has 0 saturated heterocycles. The minimum atomic E-state index is -0.430. The van der Waals surface area contributed by atoms with Gasteiger partial charge in [0.05, 0.1) is 10.5 Å². The molecule has 0 spiro atoms. The van der Waals surface area contributed by atoms with Crippen LogP contribution in [0.15, 0.2) is 40.2 Å². The van der Waals surface area contributed by atoms with E-state index in [2.05, 4.69) is 28.2 Å². The van der Waals surface area contributed by atoms with E-state index in [-0.39, 0.29) is 11.9 Å². The van der Waals surface area contributed by atoms with Crippen LogP contribution in [0.5, 0.6) is 0 Å². The van der Waals surface area contributed by atoms with Crippen molar-refractivity contribution in [1.29, 1.82) is 0 Å². The Morgan fingerprint density at radius 3 is 2.85 bits per heavy atom. The van der Waals surface area contributed by atoms with E-state index in [0.717, 1.165) is 17.7 Å². The molecule has 0 aliphatic rings. The average Bonchev–Trinajstić information content (AvgIpc) is 2.95. The first-order valence-electron chi connectivity index (χ1n) is 6.41. The number of carbonyl (C=O) groups is 1. The zero-order valence-corrected chi connectivity index (χ0v) is 13.4. The van der Waals surface area contributed by atoms with Crippen LogP contribution in [0.2, 0.25) is 0 Å². The Hall–Kier alpha value is -1.20. The van der Waals surface area contributed by atoms with Crippen molar-refractivity contribution in [2.75, 3.05) is 0 Å². The summed E-state index contributed by atoms with van der Waals surface area (Å²) >= 11 is 4.70. The second-order valence-corrected chi connectivity index (χ2v) is 6.29. The Kier molecular flexibility index (Phi) is 5.31. The first kappa shape index (κ1) is 15.2. The third-order valence-corrected chi connectivity index (χ3v) is 4.58. The van der Waals surface area contributed by atoms with E-state index in [1.54, 1.807) is 23.5 Å². The number of rotatable bonds is 5. The molecule has 1 aromatic carbocycles. The van der Waals surface area contributed by atoms with Crippen molar-refractivity contribution < 1.29 is 9.18 Å². The Bertz CT molecular complexity index is 586. The van der Waals surface area contributed by atoms with Crippen LogP contribution >= 0.6 is 27.3 Å². The highest BCUT2D eigenvalue weighted by Crippen LogP contribution is 2.24. The lowest BCUT2D eigenvalue weighted by Gasteiger charge is -2.17. The van der Waals surface area contributed by atoms with Gasteiger partial charge in [0, 0.05) is 10.4 Å². The van der Waals surface area contributed by atoms with Gasteiger partial charge in [-0.1, -0.05) is 19.4 Å². The minimum Gasteiger partial charge on any atom is -0.344 e. The predicted octanol–water partition coefficient (Wildman–Crippen LogP) is 4.92. The number of amides is 1. The van der Waals surface area contributed by atoms with E-state index < -0.39 is 5.82 Å². The van der Waals surface area contributed by atoms with Gasteiger partial charge in [-0.25, -0.2) is 4.39 Å². The Morgan fingerprint density at radius 1 is 1.45 bits per heavy atom. The van der Waals surface area contributed by atoms with Crippen LogP contribution in [0.4, 0.5) is 4.39 Å². The van der Waals surface area contributed by atoms with Gasteiger partial charge in [-0.15, -0.1) is 11.3 Å². The second-order valence-electron chi connectivity index (χ2n) is 4.46. The Labute approximate surface area is 130 Å². The van der Waals surface area contributed by atoms with Gasteiger partial charge in [0.15, 0.2) is 0 Å². The Balaban J connectivity index is 2.13. The topological polar surface area (TPSA) is 29.1 Å². The molecule has 0 aliphatic heterocycles. The van der Waals surface area contributed by atoms with Crippen LogP contribution in [0.3, 0.4) is 0 Å². The number of hydrogen-bond donors (Lipinski definition) is 1. The smallest absolute Gasteiger partial charge is 0.251 e. The van der Waals surface area contributed by atoms with E-state index in [0.29, 0.717) is 10.0 Å². The molecular weight excluding hydrogens is 341 g/mol. The molecule has 0 bridgehead atoms. The van der Waals surface area contributed by atoms with E-state index >= 15 is 0 Å². The van der Waals surface area contributed by atoms with Crippen molar-refractivity contribution >= 4 is 33.2 Å². The molecule has 5 heteroatoms. The monoisotopic (exact) mass is 355 g/mol. The highest BCUT2D eigenvalue weighted by molar-refractivity contribution is 9.10. The molecule has 0 fully saturated rings. The second kappa shape index (κ2) is 6.99. The normalized spacial score (nSPS) is 12.2. The molecular formula is C15H15BrFNOS. The zero-order valence-electron chi connectivity index (χ0n) is 11.0. The SMILES string of the molecule is CCCC(NC(=O)c1ccc(Br)c(F)c1)c1cccs1. The highest BCUT2D eigenvalue weighted by atomic mass is 79.9. The largest absolute Gasteiger partial charge is 0.344 e. The first-order chi connectivity index (χ1) is 9.61. The highest BCUT2D eigenvalue weighted by Gasteiger charge is 2.16. The zero-order chi connectivity index (χ0) is 14.5. The maximum Gasteiger partial charge on any atom is 0.251 e. The molecule has 1 N–H and O–H groups in total. The summed E-state index contributed by atoms with van der Waals surface area (Å²) in [6.07, 6.45) is 1.84. The molecule has 1 unspecified atom stereocenters. The fraction of sp³-hybridized carbons (Fsp3) is 0.267. The fourth-order valence-electron chi connectivity index (χ4n) is 1.94. The van der Waals surface area contributed by atoms with E-state index in [1.165, 1.54) is 6.07 Å². The number of nitrogens with one attached hydrogen (secondary N) is 1. The van der Waals surface area contributed by atoms with Gasteiger partial charge in [-0.3, -0.25) is 4.79 Å². The van der Waals surface area contributed by atoms with Crippen molar-refractivity contribution in [3.05, 3.63) is 56.4 Å². The molecule has 106 valence electrons. The maximum absolute atomic E-state index is 13.5. The van der Waals surface area contributed by atoms with Gasteiger partial charge >= 0.3 is 0 Å². The van der Waals surface area contributed by atoms with Crippen molar-refractivity contribution in [3.63, 3.8) is 0 Å². The Morgan fingerprint density at radius 2 is 2.25 bits per heavy atom. The van der Waals surface area contributed by atoms with Crippen LogP contribution < -0.4 is 5.32 Å². The summed E-state index contributed by atoms with van der Waals surface area (Å²) in [6, 6.07) is 8.36. The van der Waals surface area contributed by atoms with Crippen LogP contribution in [-0.4, -0.2) is 5.91 Å². The molecule has 1 atom stereocenters. The summed E-state index contributed by atoms with van der Waals surface area (Å²) in [6.45, 7) is 2.08. The molecule has 2 rings (SSSR count). The summed E-state index contributed by atoms with van der Waals surface area (Å²) in [5.74, 6) is -0.677. The average molecular weight is 356 g/mol. The summed E-state index contributed by atoms with van der Waals surface area (Å²) in [5.41, 5.74) is 0.336. The standard InChI is InChI=1S/C15H15BrFNOS/c1-2-4-13(14-5-3-8-20-14)18-15(19)10-6-7-11(16)12(17)9-10/h3,5-9,13H,2,4H2,1H3,(H,18,19). The van der Waals surface area contributed by atoms with Gasteiger partial charge < -0.3 is 5.32 Å². The minimum absolute atomic E-state index is 0.0146. The van der Waals surface area contributed by atoms with E-state index in [9.17, 15) is 9.18 Å². The number of thiophene rings is 1. The lowest BCUT2D eigenvalue weighted by molar-refractivity contribution is 0.0934. The molecule has 2 aromatic rings. The van der Waals surface area contributed by atoms with Gasteiger partial charge in [-0.05, 0) is 52.0 Å². The summed E-state index contributed by atoms with van der Waals surface area (Å²) in [4.78, 5) is 13.3. The number of carbonyl (C=O) groups excluding carboxylic acids is 1. The maximum atomic E-state index is 13.5. The molecule has 1 heterocycles. The predicted molar refractivity (Wildman–Crippen MR) is 83.5 cm³/mol. The van der Waals surface area contributed by atoms with E-state index in [4.69, 9.17) is 0 Å². The van der Waals surface area contributed by atoms with Gasteiger partial charge in [0.1, 0.15) is 5.82 Å². The lowest BCUT2D eigenvalue weighted by atomic mass is 10.1. The molecule has 0 saturated carbocycles. The first-order valence-corrected chi connectivity index (χ1v) is 8.08. The molecule has 0 radical (unpaired) electrons. The van der Waals surface area contributed by atoms with Gasteiger partial charge in [0.2, 0.25) is 0 Å². The van der Waals surface area contributed by atoms with Crippen LogP contribution in [-0.2, 0) is 0 Å². The molecule has 0 aliphatic carbocycles. The van der Waals surface area contributed by atoms with Crippen molar-refractivity contribution in [3.8, 4) is 0 Å². The molecule has 20 heavy (non-hydrogen) atoms. The summed E-state index contributed by atoms with van der Waals surface area (Å²) < 4.78 is 13.8. The third kappa shape index (κ3) is 3.67. The van der Waals surface area contributed by atoms with Crippen LogP contribution in [0.1, 0.15) is 41.0 Å². The fourth-order valence-corrected chi connectivity index (χ4v) is 3.00. The summed E-state index contributed by atoms with van der Waals surface area (Å²) in [7, 11) is 0. The van der Waals surface area contributed by atoms with Crippen molar-refractivity contribution in [1.82, 2.24) is 5.32 Å². The van der Waals surface area contributed by atoms with E-state index in [1.807, 2.05) is 17.5 Å².